The third kappa shape index (κ3) is 6.10. The maximum atomic E-state index is 11.0. The molecule has 0 rings (SSSR count). The number of nitrogens with one attached hydrogen (secondary N) is 1. The van der Waals surface area contributed by atoms with Gasteiger partial charge in [-0.15, -0.1) is 0 Å². The molecule has 13 heavy (non-hydrogen) atoms. The number of carbonyl (C=O) groups is 2. The van der Waals surface area contributed by atoms with Gasteiger partial charge in [-0.1, -0.05) is 0 Å². The molecule has 76 valence electrons. The molecule has 0 bridgehead atoms. The van der Waals surface area contributed by atoms with Crippen LogP contribution in [0.4, 0.5) is 0 Å². The Morgan fingerprint density at radius 3 is 2.38 bits per heavy atom. The Hall–Kier alpha value is -1.10. The Morgan fingerprint density at radius 1 is 1.46 bits per heavy atom. The number of rotatable bonds is 5. The Kier molecular flexibility index (Phi) is 4.40. The topological polar surface area (TPSA) is 92.4 Å². The van der Waals surface area contributed by atoms with Gasteiger partial charge < -0.3 is 16.2 Å². The lowest BCUT2D eigenvalue weighted by molar-refractivity contribution is -0.136. The van der Waals surface area contributed by atoms with Crippen molar-refractivity contribution in [2.24, 2.45) is 5.73 Å². The van der Waals surface area contributed by atoms with E-state index in [0.29, 0.717) is 13.0 Å². The first kappa shape index (κ1) is 11.9. The van der Waals surface area contributed by atoms with Crippen molar-refractivity contribution in [2.45, 2.75) is 32.3 Å². The summed E-state index contributed by atoms with van der Waals surface area (Å²) in [7, 11) is 0. The molecule has 5 heteroatoms. The van der Waals surface area contributed by atoms with Crippen LogP contribution in [0.3, 0.4) is 0 Å². The molecule has 0 aromatic rings. The number of nitrogens with two attached hydrogens (primary N) is 1. The molecule has 0 aromatic heterocycles. The summed E-state index contributed by atoms with van der Waals surface area (Å²) in [5.74, 6) is -0.838. The highest BCUT2D eigenvalue weighted by molar-refractivity contribution is 5.83. The van der Waals surface area contributed by atoms with Gasteiger partial charge in [0.15, 0.2) is 0 Å². The summed E-state index contributed by atoms with van der Waals surface area (Å²) in [4.78, 5) is 21.3. The van der Waals surface area contributed by atoms with E-state index in [4.69, 9.17) is 5.73 Å². The fourth-order valence-electron chi connectivity index (χ4n) is 0.681. The molecule has 0 spiro atoms. The lowest BCUT2D eigenvalue weighted by atomic mass is 10.1. The molecule has 0 unspecified atom stereocenters. The number of amides is 2. The van der Waals surface area contributed by atoms with Crippen molar-refractivity contribution in [3.63, 3.8) is 0 Å². The van der Waals surface area contributed by atoms with Gasteiger partial charge in [0.1, 0.15) is 5.60 Å². The second-order valence-corrected chi connectivity index (χ2v) is 3.38. The zero-order chi connectivity index (χ0) is 10.5. The highest BCUT2D eigenvalue weighted by Gasteiger charge is 2.22. The van der Waals surface area contributed by atoms with Gasteiger partial charge in [-0.25, -0.2) is 0 Å². The molecular weight excluding hydrogens is 172 g/mol. The largest absolute Gasteiger partial charge is 0.381 e. The van der Waals surface area contributed by atoms with Crippen LogP contribution in [-0.2, 0) is 9.59 Å². The molecule has 0 aliphatic heterocycles. The molecule has 0 aromatic carbocycles. The quantitative estimate of drug-likeness (QED) is 0.490. The van der Waals surface area contributed by atoms with E-state index in [9.17, 15) is 14.7 Å². The first-order valence-corrected chi connectivity index (χ1v) is 4.13. The molecule has 0 saturated carbocycles. The lowest BCUT2D eigenvalue weighted by Crippen LogP contribution is -2.42. The standard InChI is InChI=1S/C8H16N2O3/c1-8(2,13)7(12)10-5-3-4-6(9)11/h13H,3-5H2,1-2H3,(H2,9,11)(H,10,12). The zero-order valence-electron chi connectivity index (χ0n) is 7.96. The first-order valence-electron chi connectivity index (χ1n) is 4.13. The molecule has 2 amide bonds. The molecule has 4 N–H and O–H groups in total. The number of carbonyl (C=O) groups excluding carboxylic acids is 2. The predicted molar refractivity (Wildman–Crippen MR) is 47.7 cm³/mol. The van der Waals surface area contributed by atoms with Gasteiger partial charge in [-0.2, -0.15) is 0 Å². The minimum atomic E-state index is -1.37. The third-order valence-corrected chi connectivity index (χ3v) is 1.44. The SMILES string of the molecule is CC(C)(O)C(=O)NCCCC(N)=O. The first-order chi connectivity index (χ1) is 5.84. The lowest BCUT2D eigenvalue weighted by Gasteiger charge is -2.16. The van der Waals surface area contributed by atoms with Crippen molar-refractivity contribution < 1.29 is 14.7 Å². The van der Waals surface area contributed by atoms with Crippen LogP contribution in [0, 0.1) is 0 Å². The minimum absolute atomic E-state index is 0.242. The van der Waals surface area contributed by atoms with E-state index in [2.05, 4.69) is 5.32 Å². The van der Waals surface area contributed by atoms with Gasteiger partial charge in [0.05, 0.1) is 0 Å². The van der Waals surface area contributed by atoms with E-state index in [-0.39, 0.29) is 6.42 Å². The van der Waals surface area contributed by atoms with Crippen molar-refractivity contribution in [2.75, 3.05) is 6.54 Å². The monoisotopic (exact) mass is 188 g/mol. The molecule has 0 atom stereocenters. The van der Waals surface area contributed by atoms with Gasteiger partial charge >= 0.3 is 0 Å². The number of aliphatic hydroxyl groups is 1. The molecular formula is C8H16N2O3. The van der Waals surface area contributed by atoms with E-state index in [0.717, 1.165) is 0 Å². The molecule has 0 radical (unpaired) electrons. The summed E-state index contributed by atoms with van der Waals surface area (Å²) in [5, 5.41) is 11.7. The fourth-order valence-corrected chi connectivity index (χ4v) is 0.681. The second kappa shape index (κ2) is 4.81. The van der Waals surface area contributed by atoms with Gasteiger partial charge in [-0.05, 0) is 20.3 Å². The van der Waals surface area contributed by atoms with Crippen LogP contribution in [0.25, 0.3) is 0 Å². The second-order valence-electron chi connectivity index (χ2n) is 3.38. The smallest absolute Gasteiger partial charge is 0.251 e. The summed E-state index contributed by atoms with van der Waals surface area (Å²) in [5.41, 5.74) is 3.53. The van der Waals surface area contributed by atoms with E-state index in [1.54, 1.807) is 0 Å². The Morgan fingerprint density at radius 2 is 2.00 bits per heavy atom. The molecule has 0 heterocycles. The fraction of sp³-hybridized carbons (Fsp3) is 0.750. The highest BCUT2D eigenvalue weighted by atomic mass is 16.3. The Labute approximate surface area is 77.3 Å². The van der Waals surface area contributed by atoms with Gasteiger partial charge in [0, 0.05) is 13.0 Å². The molecule has 0 fully saturated rings. The Balaban J connectivity index is 3.55. The summed E-state index contributed by atoms with van der Waals surface area (Å²) < 4.78 is 0. The van der Waals surface area contributed by atoms with Crippen LogP contribution in [0.15, 0.2) is 0 Å². The molecule has 5 nitrogen and oxygen atoms in total. The zero-order valence-corrected chi connectivity index (χ0v) is 7.96. The van der Waals surface area contributed by atoms with Crippen molar-refractivity contribution in [3.05, 3.63) is 0 Å². The van der Waals surface area contributed by atoms with Crippen molar-refractivity contribution in [1.29, 1.82) is 0 Å². The van der Waals surface area contributed by atoms with Crippen LogP contribution >= 0.6 is 0 Å². The summed E-state index contributed by atoms with van der Waals surface area (Å²) in [6, 6.07) is 0. The van der Waals surface area contributed by atoms with E-state index >= 15 is 0 Å². The van der Waals surface area contributed by atoms with E-state index < -0.39 is 17.4 Å². The number of hydrogen-bond acceptors (Lipinski definition) is 3. The van der Waals surface area contributed by atoms with E-state index in [1.165, 1.54) is 13.8 Å². The molecule has 0 saturated heterocycles. The van der Waals surface area contributed by atoms with Gasteiger partial charge in [0.2, 0.25) is 5.91 Å². The van der Waals surface area contributed by atoms with Crippen LogP contribution < -0.4 is 11.1 Å². The minimum Gasteiger partial charge on any atom is -0.381 e. The molecule has 0 aliphatic carbocycles. The van der Waals surface area contributed by atoms with Crippen LogP contribution in [0.5, 0.6) is 0 Å². The van der Waals surface area contributed by atoms with Gasteiger partial charge in [0.25, 0.3) is 5.91 Å². The molecule has 0 aliphatic rings. The van der Waals surface area contributed by atoms with Gasteiger partial charge in [-0.3, -0.25) is 9.59 Å². The van der Waals surface area contributed by atoms with Crippen LogP contribution in [0.1, 0.15) is 26.7 Å². The maximum absolute atomic E-state index is 11.0. The average molecular weight is 188 g/mol. The summed E-state index contributed by atoms with van der Waals surface area (Å²) in [6.45, 7) is 3.15. The summed E-state index contributed by atoms with van der Waals surface area (Å²) in [6.07, 6.45) is 0.739. The van der Waals surface area contributed by atoms with Crippen LogP contribution in [0.2, 0.25) is 0 Å². The van der Waals surface area contributed by atoms with Crippen molar-refractivity contribution >= 4 is 11.8 Å². The highest BCUT2D eigenvalue weighted by Crippen LogP contribution is 1.99. The number of hydrogen-bond donors (Lipinski definition) is 3. The normalized spacial score (nSPS) is 11.0. The van der Waals surface area contributed by atoms with Crippen molar-refractivity contribution in [1.82, 2.24) is 5.32 Å². The maximum Gasteiger partial charge on any atom is 0.251 e. The number of primary amides is 1. The third-order valence-electron chi connectivity index (χ3n) is 1.44. The Bertz CT molecular complexity index is 196. The van der Waals surface area contributed by atoms with E-state index in [1.807, 2.05) is 0 Å². The predicted octanol–water partition coefficient (Wildman–Crippen LogP) is -0.861. The summed E-state index contributed by atoms with van der Waals surface area (Å²) >= 11 is 0. The van der Waals surface area contributed by atoms with Crippen molar-refractivity contribution in [3.8, 4) is 0 Å². The van der Waals surface area contributed by atoms with Crippen LogP contribution in [-0.4, -0.2) is 29.1 Å². The average Bonchev–Trinajstić information content (AvgIpc) is 1.95.